The normalized spacial score (nSPS) is 24.3. The van der Waals surface area contributed by atoms with Crippen molar-refractivity contribution >= 4 is 38.9 Å². The number of nitrogens with one attached hydrogen (secondary N) is 1. The van der Waals surface area contributed by atoms with Gasteiger partial charge in [-0.25, -0.2) is 8.42 Å². The monoisotopic (exact) mass is 419 g/mol. The van der Waals surface area contributed by atoms with Crippen molar-refractivity contribution in [3.8, 4) is 0 Å². The Hall–Kier alpha value is -0.820. The molecule has 144 valence electrons. The van der Waals surface area contributed by atoms with Crippen LogP contribution in [0.1, 0.15) is 31.2 Å². The van der Waals surface area contributed by atoms with Crippen molar-refractivity contribution in [1.29, 1.82) is 0 Å². The molecule has 2 saturated heterocycles. The van der Waals surface area contributed by atoms with E-state index in [0.29, 0.717) is 36.2 Å². The van der Waals surface area contributed by atoms with Crippen molar-refractivity contribution in [3.05, 3.63) is 33.8 Å². The number of amides is 1. The van der Waals surface area contributed by atoms with Crippen LogP contribution in [0.25, 0.3) is 0 Å². The highest BCUT2D eigenvalue weighted by Gasteiger charge is 2.37. The molecule has 26 heavy (non-hydrogen) atoms. The lowest BCUT2D eigenvalue weighted by atomic mass is 9.74. The summed E-state index contributed by atoms with van der Waals surface area (Å²) in [5, 5.41) is 4.18. The Morgan fingerprint density at radius 3 is 2.62 bits per heavy atom. The van der Waals surface area contributed by atoms with E-state index < -0.39 is 9.84 Å². The molecule has 2 heterocycles. The highest BCUT2D eigenvalue weighted by molar-refractivity contribution is 7.91. The molecule has 5 nitrogen and oxygen atoms in total. The van der Waals surface area contributed by atoms with Crippen molar-refractivity contribution in [1.82, 2.24) is 5.32 Å². The Bertz CT molecular complexity index is 775. The zero-order chi connectivity index (χ0) is 18.8. The molecular formula is C18H23Cl2NO4S. The maximum Gasteiger partial charge on any atom is 0.220 e. The maximum atomic E-state index is 12.4. The average molecular weight is 420 g/mol. The molecule has 0 spiro atoms. The topological polar surface area (TPSA) is 72.5 Å². The molecule has 1 aromatic carbocycles. The molecule has 0 radical (unpaired) electrons. The molecule has 0 bridgehead atoms. The van der Waals surface area contributed by atoms with Gasteiger partial charge in [-0.05, 0) is 42.9 Å². The third kappa shape index (κ3) is 4.71. The van der Waals surface area contributed by atoms with Crippen LogP contribution >= 0.6 is 23.2 Å². The zero-order valence-electron chi connectivity index (χ0n) is 14.5. The van der Waals surface area contributed by atoms with Crippen molar-refractivity contribution in [2.75, 3.05) is 31.3 Å². The van der Waals surface area contributed by atoms with Gasteiger partial charge in [0.15, 0.2) is 9.84 Å². The molecule has 2 fully saturated rings. The maximum absolute atomic E-state index is 12.4. The number of rotatable bonds is 5. The molecule has 2 aliphatic rings. The average Bonchev–Trinajstić information content (AvgIpc) is 2.92. The summed E-state index contributed by atoms with van der Waals surface area (Å²) in [6.07, 6.45) is 2.33. The largest absolute Gasteiger partial charge is 0.381 e. The molecule has 2 aliphatic heterocycles. The Morgan fingerprint density at radius 2 is 2.00 bits per heavy atom. The SMILES string of the molecule is O=C(C[C@@H]1CCS(=O)(=O)C1)NCC1(c2ccc(Cl)cc2Cl)CCOCC1. The lowest BCUT2D eigenvalue weighted by molar-refractivity contribution is -0.122. The summed E-state index contributed by atoms with van der Waals surface area (Å²) in [5.41, 5.74) is 0.674. The van der Waals surface area contributed by atoms with Gasteiger partial charge in [-0.1, -0.05) is 29.3 Å². The quantitative estimate of drug-likeness (QED) is 0.795. The van der Waals surface area contributed by atoms with E-state index in [1.807, 2.05) is 12.1 Å². The second kappa shape index (κ2) is 8.05. The van der Waals surface area contributed by atoms with Gasteiger partial charge < -0.3 is 10.1 Å². The van der Waals surface area contributed by atoms with Crippen molar-refractivity contribution in [3.63, 3.8) is 0 Å². The van der Waals surface area contributed by atoms with Crippen molar-refractivity contribution in [2.45, 2.75) is 31.1 Å². The van der Waals surface area contributed by atoms with E-state index in [0.717, 1.165) is 18.4 Å². The molecule has 8 heteroatoms. The first kappa shape index (κ1) is 19.9. The fraction of sp³-hybridized carbons (Fsp3) is 0.611. The van der Waals surface area contributed by atoms with E-state index in [2.05, 4.69) is 5.32 Å². The first-order valence-electron chi connectivity index (χ1n) is 8.80. The van der Waals surface area contributed by atoms with Gasteiger partial charge in [-0.2, -0.15) is 0 Å². The summed E-state index contributed by atoms with van der Waals surface area (Å²) in [7, 11) is -2.97. The molecule has 0 saturated carbocycles. The molecule has 0 unspecified atom stereocenters. The number of benzene rings is 1. The van der Waals surface area contributed by atoms with E-state index >= 15 is 0 Å². The highest BCUT2D eigenvalue weighted by Crippen LogP contribution is 2.39. The van der Waals surface area contributed by atoms with Crippen LogP contribution in [-0.4, -0.2) is 45.6 Å². The van der Waals surface area contributed by atoms with Gasteiger partial charge in [0.1, 0.15) is 0 Å². The molecule has 0 aromatic heterocycles. The van der Waals surface area contributed by atoms with Gasteiger partial charge in [0, 0.05) is 41.6 Å². The molecule has 1 amide bonds. The summed E-state index contributed by atoms with van der Waals surface area (Å²) in [6.45, 7) is 1.67. The van der Waals surface area contributed by atoms with Crippen LogP contribution in [-0.2, 0) is 24.8 Å². The van der Waals surface area contributed by atoms with Crippen LogP contribution in [0.15, 0.2) is 18.2 Å². The van der Waals surface area contributed by atoms with E-state index in [4.69, 9.17) is 27.9 Å². The summed E-state index contributed by atoms with van der Waals surface area (Å²) >= 11 is 12.5. The minimum atomic E-state index is -2.97. The first-order valence-corrected chi connectivity index (χ1v) is 11.4. The number of carbonyl (C=O) groups excluding carboxylic acids is 1. The van der Waals surface area contributed by atoms with E-state index in [1.165, 1.54) is 0 Å². The van der Waals surface area contributed by atoms with Gasteiger partial charge in [0.2, 0.25) is 5.91 Å². The van der Waals surface area contributed by atoms with E-state index in [-0.39, 0.29) is 35.2 Å². The van der Waals surface area contributed by atoms with Crippen LogP contribution in [0.3, 0.4) is 0 Å². The van der Waals surface area contributed by atoms with Gasteiger partial charge in [-0.3, -0.25) is 4.79 Å². The Balaban J connectivity index is 1.68. The van der Waals surface area contributed by atoms with Gasteiger partial charge in [-0.15, -0.1) is 0 Å². The Kier molecular flexibility index (Phi) is 6.17. The predicted octanol–water partition coefficient (Wildman–Crippen LogP) is 2.98. The zero-order valence-corrected chi connectivity index (χ0v) is 16.8. The number of halogens is 2. The second-order valence-electron chi connectivity index (χ2n) is 7.27. The summed E-state index contributed by atoms with van der Waals surface area (Å²) in [5.74, 6) is 0.113. The van der Waals surface area contributed by atoms with Gasteiger partial charge in [0.05, 0.1) is 11.5 Å². The van der Waals surface area contributed by atoms with Crippen LogP contribution in [0.4, 0.5) is 0 Å². The summed E-state index contributed by atoms with van der Waals surface area (Å²) in [6, 6.07) is 5.46. The number of hydrogen-bond acceptors (Lipinski definition) is 4. The predicted molar refractivity (Wildman–Crippen MR) is 103 cm³/mol. The van der Waals surface area contributed by atoms with E-state index in [1.54, 1.807) is 6.07 Å². The number of sulfone groups is 1. The van der Waals surface area contributed by atoms with Gasteiger partial charge in [0.25, 0.3) is 0 Å². The molecule has 3 rings (SSSR count). The molecule has 1 atom stereocenters. The third-order valence-electron chi connectivity index (χ3n) is 5.38. The number of ether oxygens (including phenoxy) is 1. The van der Waals surface area contributed by atoms with Gasteiger partial charge >= 0.3 is 0 Å². The van der Waals surface area contributed by atoms with Crippen molar-refractivity contribution in [2.24, 2.45) is 5.92 Å². The smallest absolute Gasteiger partial charge is 0.220 e. The molecule has 1 N–H and O–H groups in total. The van der Waals surface area contributed by atoms with Crippen LogP contribution < -0.4 is 5.32 Å². The molecule has 0 aliphatic carbocycles. The standard InChI is InChI=1S/C18H23Cl2NO4S/c19-14-1-2-15(16(20)10-14)18(4-6-25-7-5-18)12-21-17(22)9-13-3-8-26(23,24)11-13/h1-2,10,13H,3-9,11-12H2,(H,21,22)/t13-/m0/s1. The number of hydrogen-bond donors (Lipinski definition) is 1. The lowest BCUT2D eigenvalue weighted by Gasteiger charge is -2.38. The van der Waals surface area contributed by atoms with Crippen LogP contribution in [0, 0.1) is 5.92 Å². The lowest BCUT2D eigenvalue weighted by Crippen LogP contribution is -2.45. The minimum absolute atomic E-state index is 0.0789. The highest BCUT2D eigenvalue weighted by atomic mass is 35.5. The molecular weight excluding hydrogens is 397 g/mol. The fourth-order valence-corrected chi connectivity index (χ4v) is 6.33. The van der Waals surface area contributed by atoms with Crippen LogP contribution in [0.2, 0.25) is 10.0 Å². The summed E-state index contributed by atoms with van der Waals surface area (Å²) < 4.78 is 28.6. The minimum Gasteiger partial charge on any atom is -0.381 e. The Morgan fingerprint density at radius 1 is 1.27 bits per heavy atom. The van der Waals surface area contributed by atoms with Crippen molar-refractivity contribution < 1.29 is 17.9 Å². The fourth-order valence-electron chi connectivity index (χ4n) is 3.86. The molecule has 1 aromatic rings. The summed E-state index contributed by atoms with van der Waals surface area (Å²) in [4.78, 5) is 12.4. The Labute approximate surface area is 164 Å². The number of carbonyl (C=O) groups is 1. The van der Waals surface area contributed by atoms with E-state index in [9.17, 15) is 13.2 Å². The third-order valence-corrected chi connectivity index (χ3v) is 7.76. The second-order valence-corrected chi connectivity index (χ2v) is 10.3. The van der Waals surface area contributed by atoms with Crippen LogP contribution in [0.5, 0.6) is 0 Å². The first-order chi connectivity index (χ1) is 12.3.